The van der Waals surface area contributed by atoms with Crippen LogP contribution in [0.2, 0.25) is 0 Å². The van der Waals surface area contributed by atoms with E-state index in [4.69, 9.17) is 0 Å². The Bertz CT molecular complexity index is 13.5. The number of hydrogen-bond acceptors (Lipinski definition) is 0. The molecule has 0 saturated carbocycles. The molecule has 0 nitrogen and oxygen atoms in total. The summed E-state index contributed by atoms with van der Waals surface area (Å²) < 4.78 is 0. The van der Waals surface area contributed by atoms with Gasteiger partial charge in [-0.1, -0.05) is 0 Å². The monoisotopic (exact) mass is 191 g/mol. The topological polar surface area (TPSA) is 0 Å². The number of rotatable bonds is 0. The van der Waals surface area contributed by atoms with Gasteiger partial charge in [-0.2, -0.15) is 0 Å². The Kier molecular flexibility index (Phi) is 245. The quantitative estimate of drug-likeness (QED) is 0.468. The third kappa shape index (κ3) is 9.35. The number of hydrogen-bond donors (Lipinski definition) is 0. The summed E-state index contributed by atoms with van der Waals surface area (Å²) in [5, 5.41) is 0. The van der Waals surface area contributed by atoms with Crippen molar-refractivity contribution in [1.29, 1.82) is 0 Å². The first-order valence-corrected chi connectivity index (χ1v) is 0. The second-order valence-corrected chi connectivity index (χ2v) is 0. The Balaban J connectivity index is 0. The van der Waals surface area contributed by atoms with Crippen molar-refractivity contribution in [2.24, 2.45) is 0 Å². The minimum absolute atomic E-state index is 0. The standard InChI is InChI=1S/Be.Co.Cu.Ni.2H/q+2;;;;2*-1. The van der Waals surface area contributed by atoms with Crippen molar-refractivity contribution in [2.45, 2.75) is 0 Å². The Hall–Kier alpha value is 1.69. The minimum atomic E-state index is 0. The summed E-state index contributed by atoms with van der Waals surface area (Å²) >= 11 is 0. The predicted molar refractivity (Wildman–Crippen MR) is 7.98 cm³/mol. The van der Waals surface area contributed by atoms with Gasteiger partial charge in [-0.3, -0.25) is 0 Å². The van der Waals surface area contributed by atoms with Crippen molar-refractivity contribution in [3.63, 3.8) is 0 Å². The first-order chi connectivity index (χ1) is 0. The molecule has 0 unspecified atom stereocenters. The molecule has 0 atom stereocenters. The van der Waals surface area contributed by atoms with Crippen molar-refractivity contribution < 1.29 is 53.2 Å². The maximum atomic E-state index is 0. The Morgan fingerprint density at radius 1 is 1.25 bits per heavy atom. The van der Waals surface area contributed by atoms with Crippen molar-refractivity contribution in [3.05, 3.63) is 0 Å². The zero-order valence-electron chi connectivity index (χ0n) is 3.66. The molecule has 0 aromatic rings. The predicted octanol–water partition coefficient (Wildman–Crippen LogP) is -0.163. The van der Waals surface area contributed by atoms with E-state index in [0.29, 0.717) is 0 Å². The van der Waals surface area contributed by atoms with E-state index in [-0.39, 0.29) is 63.3 Å². The first-order valence-electron chi connectivity index (χ1n) is 0. The van der Waals surface area contributed by atoms with E-state index in [1.807, 2.05) is 0 Å². The third-order valence-corrected chi connectivity index (χ3v) is 0. The van der Waals surface area contributed by atoms with E-state index < -0.39 is 0 Å². The van der Waals surface area contributed by atoms with Crippen molar-refractivity contribution in [3.8, 4) is 0 Å². The summed E-state index contributed by atoms with van der Waals surface area (Å²) in [6.45, 7) is 0. The first kappa shape index (κ1) is 43.9. The molecule has 0 aliphatic heterocycles. The van der Waals surface area contributed by atoms with E-state index >= 15 is 0 Å². The van der Waals surface area contributed by atoms with Crippen LogP contribution in [0.5, 0.6) is 0 Å². The van der Waals surface area contributed by atoms with Gasteiger partial charge in [0, 0.05) is 50.3 Å². The van der Waals surface area contributed by atoms with Crippen LogP contribution in [0.3, 0.4) is 0 Å². The van der Waals surface area contributed by atoms with Gasteiger partial charge in [0.05, 0.1) is 0 Å². The zero-order chi connectivity index (χ0) is 0. The second-order valence-electron chi connectivity index (χ2n) is 0. The van der Waals surface area contributed by atoms with Crippen molar-refractivity contribution >= 4 is 10.1 Å². The van der Waals surface area contributed by atoms with Crippen molar-refractivity contribution in [1.82, 2.24) is 0 Å². The van der Waals surface area contributed by atoms with Crippen molar-refractivity contribution in [2.75, 3.05) is 0 Å². The van der Waals surface area contributed by atoms with Crippen LogP contribution in [0.4, 0.5) is 0 Å². The zero-order valence-corrected chi connectivity index (χ0v) is 4.63. The van der Waals surface area contributed by atoms with Crippen LogP contribution in [-0.2, 0) is 50.3 Å². The molecule has 0 aliphatic carbocycles. The minimum Gasteiger partial charge on any atom is -1.00 e. The van der Waals surface area contributed by atoms with E-state index in [1.54, 1.807) is 0 Å². The third-order valence-electron chi connectivity index (χ3n) is 0. The van der Waals surface area contributed by atoms with E-state index in [9.17, 15) is 0 Å². The molecule has 0 rings (SSSR count). The Labute approximate surface area is 63.3 Å². The van der Waals surface area contributed by atoms with E-state index in [1.165, 1.54) is 0 Å². The molecule has 0 amide bonds. The fraction of sp³-hybridized carbons (Fsp3) is 0. The fourth-order valence-electron chi connectivity index (χ4n) is 0. The van der Waals surface area contributed by atoms with Crippen LogP contribution in [0.15, 0.2) is 0 Å². The van der Waals surface area contributed by atoms with E-state index in [0.717, 1.165) is 0 Å². The molecule has 0 saturated heterocycles. The van der Waals surface area contributed by atoms with Gasteiger partial charge in [-0.05, 0) is 0 Å². The molecule has 0 N–H and O–H groups in total. The van der Waals surface area contributed by atoms with Gasteiger partial charge in [0.25, 0.3) is 0 Å². The Morgan fingerprint density at radius 2 is 1.25 bits per heavy atom. The van der Waals surface area contributed by atoms with Gasteiger partial charge in [0.2, 0.25) is 0 Å². The molecule has 0 spiro atoms. The maximum absolute atomic E-state index is 0. The van der Waals surface area contributed by atoms with Crippen LogP contribution in [0.25, 0.3) is 0 Å². The average molecular weight is 192 g/mol. The van der Waals surface area contributed by atoms with Crippen LogP contribution in [-0.4, -0.2) is 10.1 Å². The summed E-state index contributed by atoms with van der Waals surface area (Å²) in [5.41, 5.74) is 0. The Morgan fingerprint density at radius 3 is 1.25 bits per heavy atom. The van der Waals surface area contributed by atoms with Crippen LogP contribution in [0, 0.1) is 0 Å². The molecule has 4 heavy (non-hydrogen) atoms. The van der Waals surface area contributed by atoms with Crippen LogP contribution < -0.4 is 0 Å². The van der Waals surface area contributed by atoms with Gasteiger partial charge >= 0.3 is 10.1 Å². The van der Waals surface area contributed by atoms with Gasteiger partial charge in [0.15, 0.2) is 0 Å². The van der Waals surface area contributed by atoms with Crippen LogP contribution >= 0.6 is 0 Å². The molecule has 34 valence electrons. The average Bonchev–Trinajstić information content (AvgIpc) is 0. The summed E-state index contributed by atoms with van der Waals surface area (Å²) in [4.78, 5) is 0. The van der Waals surface area contributed by atoms with Gasteiger partial charge < -0.3 is 2.85 Å². The normalized spacial score (nSPS) is 0. The molecule has 2 radical (unpaired) electrons. The van der Waals surface area contributed by atoms with Gasteiger partial charge in [-0.25, -0.2) is 0 Å². The molecule has 0 aromatic carbocycles. The molecular weight excluding hydrogens is 190 g/mol. The molecule has 4 heteroatoms. The van der Waals surface area contributed by atoms with Gasteiger partial charge in [-0.15, -0.1) is 0 Å². The van der Waals surface area contributed by atoms with Gasteiger partial charge in [0.1, 0.15) is 0 Å². The molecule has 0 fully saturated rings. The molecule has 0 heterocycles. The molecule has 0 aliphatic rings. The molecular formula is H2BeCoCuNi. The van der Waals surface area contributed by atoms with Crippen LogP contribution in [0.1, 0.15) is 2.85 Å². The molecule has 0 aromatic heterocycles. The summed E-state index contributed by atoms with van der Waals surface area (Å²) in [6, 6.07) is 0. The summed E-state index contributed by atoms with van der Waals surface area (Å²) in [5.74, 6) is 0. The summed E-state index contributed by atoms with van der Waals surface area (Å²) in [7, 11) is 0. The summed E-state index contributed by atoms with van der Waals surface area (Å²) in [6.07, 6.45) is 0. The van der Waals surface area contributed by atoms with E-state index in [2.05, 4.69) is 0 Å². The maximum Gasteiger partial charge on any atom is 2.00 e. The largest absolute Gasteiger partial charge is 2.00 e. The molecule has 0 bridgehead atoms. The SMILES string of the molecule is [Be+2].[Co].[Cu].[H-].[H-].[Ni]. The second kappa shape index (κ2) is 22.4. The fourth-order valence-corrected chi connectivity index (χ4v) is 0. The smallest absolute Gasteiger partial charge is 1.00 e.